The van der Waals surface area contributed by atoms with Crippen LogP contribution in [0.1, 0.15) is 19.2 Å². The highest BCUT2D eigenvalue weighted by atomic mass is 32.2. The van der Waals surface area contributed by atoms with E-state index in [1.807, 2.05) is 0 Å². The highest BCUT2D eigenvalue weighted by molar-refractivity contribution is 7.84. The summed E-state index contributed by atoms with van der Waals surface area (Å²) in [5.41, 5.74) is 5.31. The van der Waals surface area contributed by atoms with E-state index in [-0.39, 0.29) is 17.7 Å². The molecule has 1 rings (SSSR count). The molecule has 0 radical (unpaired) electrons. The molecule has 2 atom stereocenters. The Labute approximate surface area is 111 Å². The smallest absolute Gasteiger partial charge is 0.384 e. The second kappa shape index (κ2) is 6.18. The van der Waals surface area contributed by atoms with Crippen molar-refractivity contribution in [3.8, 4) is 0 Å². The molecule has 0 aromatic carbocycles. The van der Waals surface area contributed by atoms with Crippen LogP contribution in [0.15, 0.2) is 6.07 Å². The summed E-state index contributed by atoms with van der Waals surface area (Å²) >= 11 is 0. The van der Waals surface area contributed by atoms with Crippen molar-refractivity contribution in [2.24, 2.45) is 0 Å². The monoisotopic (exact) mass is 296 g/mol. The van der Waals surface area contributed by atoms with E-state index in [0.717, 1.165) is 0 Å². The molecule has 0 aliphatic carbocycles. The fourth-order valence-corrected chi connectivity index (χ4v) is 2.02. The highest BCUT2D eigenvalue weighted by Gasteiger charge is 2.35. The number of hydrogen-bond acceptors (Lipinski definition) is 5. The molecule has 0 bridgehead atoms. The molecule has 0 spiro atoms. The zero-order valence-corrected chi connectivity index (χ0v) is 11.3. The molecule has 1 aromatic heterocycles. The number of alkyl halides is 3. The molecule has 5 nitrogen and oxygen atoms in total. The molecule has 0 aliphatic rings. The van der Waals surface area contributed by atoms with Crippen LogP contribution in [0.3, 0.4) is 0 Å². The zero-order valence-electron chi connectivity index (χ0n) is 10.5. The van der Waals surface area contributed by atoms with Crippen LogP contribution in [0.2, 0.25) is 0 Å². The molecule has 108 valence electrons. The molecule has 1 heterocycles. The van der Waals surface area contributed by atoms with Crippen LogP contribution in [0.25, 0.3) is 0 Å². The third-order valence-electron chi connectivity index (χ3n) is 2.23. The quantitative estimate of drug-likeness (QED) is 0.863. The molecule has 3 N–H and O–H groups in total. The number of nitrogen functional groups attached to an aromatic ring is 1. The Bertz CT molecular complexity index is 467. The van der Waals surface area contributed by atoms with E-state index in [1.165, 1.54) is 6.07 Å². The Balaban J connectivity index is 2.78. The number of nitrogens with zero attached hydrogens (tertiary/aromatic N) is 2. The van der Waals surface area contributed by atoms with Crippen LogP contribution in [0.4, 0.5) is 24.8 Å². The van der Waals surface area contributed by atoms with Gasteiger partial charge in [-0.25, -0.2) is 9.97 Å². The predicted molar refractivity (Wildman–Crippen MR) is 68.1 cm³/mol. The number of nitrogens with one attached hydrogen (secondary N) is 1. The van der Waals surface area contributed by atoms with Crippen molar-refractivity contribution in [1.29, 1.82) is 0 Å². The summed E-state index contributed by atoms with van der Waals surface area (Å²) in [6.07, 6.45) is -2.52. The predicted octanol–water partition coefficient (Wildman–Crippen LogP) is 1.65. The summed E-state index contributed by atoms with van der Waals surface area (Å²) in [7, 11) is -0.944. The standard InChI is InChI=1S/C10H15F3N4OS/c1-6(3-4-19(2)18)15-8-5-7(14)16-9(17-8)10(11,12)13/h5-6H,3-4H2,1-2H3,(H3,14,15,16,17). The number of rotatable bonds is 5. The van der Waals surface area contributed by atoms with Gasteiger partial charge < -0.3 is 11.1 Å². The van der Waals surface area contributed by atoms with Gasteiger partial charge in [-0.15, -0.1) is 0 Å². The summed E-state index contributed by atoms with van der Waals surface area (Å²) in [4.78, 5) is 6.51. The summed E-state index contributed by atoms with van der Waals surface area (Å²) in [6, 6.07) is 1.06. The molecule has 0 saturated carbocycles. The van der Waals surface area contributed by atoms with E-state index in [4.69, 9.17) is 5.73 Å². The molecule has 19 heavy (non-hydrogen) atoms. The summed E-state index contributed by atoms with van der Waals surface area (Å²) in [6.45, 7) is 1.76. The van der Waals surface area contributed by atoms with Gasteiger partial charge in [0.05, 0.1) is 0 Å². The zero-order chi connectivity index (χ0) is 14.6. The summed E-state index contributed by atoms with van der Waals surface area (Å²) in [5, 5.41) is 2.78. The van der Waals surface area contributed by atoms with Gasteiger partial charge in [-0.1, -0.05) is 0 Å². The minimum Gasteiger partial charge on any atom is -0.384 e. The third kappa shape index (κ3) is 5.41. The lowest BCUT2D eigenvalue weighted by Crippen LogP contribution is -2.21. The highest BCUT2D eigenvalue weighted by Crippen LogP contribution is 2.27. The lowest BCUT2D eigenvalue weighted by Gasteiger charge is -2.15. The molecule has 0 amide bonds. The van der Waals surface area contributed by atoms with Gasteiger partial charge in [-0.3, -0.25) is 4.21 Å². The Kier molecular flexibility index (Phi) is 5.10. The van der Waals surface area contributed by atoms with Gasteiger partial charge in [0.2, 0.25) is 5.82 Å². The van der Waals surface area contributed by atoms with E-state index in [1.54, 1.807) is 13.2 Å². The fourth-order valence-electron chi connectivity index (χ4n) is 1.33. The van der Waals surface area contributed by atoms with Crippen LogP contribution in [-0.4, -0.2) is 32.2 Å². The number of nitrogens with two attached hydrogens (primary N) is 1. The summed E-state index contributed by atoms with van der Waals surface area (Å²) < 4.78 is 48.4. The lowest BCUT2D eigenvalue weighted by atomic mass is 10.2. The minimum absolute atomic E-state index is 0.00853. The second-order valence-corrected chi connectivity index (χ2v) is 5.67. The molecule has 9 heteroatoms. The van der Waals surface area contributed by atoms with Gasteiger partial charge in [0.25, 0.3) is 0 Å². The van der Waals surface area contributed by atoms with Crippen LogP contribution >= 0.6 is 0 Å². The number of hydrogen-bond donors (Lipinski definition) is 2. The minimum atomic E-state index is -4.64. The largest absolute Gasteiger partial charge is 0.451 e. The van der Waals surface area contributed by atoms with Crippen LogP contribution in [-0.2, 0) is 17.0 Å². The van der Waals surface area contributed by atoms with Crippen molar-refractivity contribution in [2.45, 2.75) is 25.6 Å². The van der Waals surface area contributed by atoms with Crippen LogP contribution in [0.5, 0.6) is 0 Å². The first-order chi connectivity index (χ1) is 8.68. The summed E-state index contributed by atoms with van der Waals surface area (Å²) in [5.74, 6) is -1.06. The van der Waals surface area contributed by atoms with E-state index in [0.29, 0.717) is 12.2 Å². The van der Waals surface area contributed by atoms with Crippen LogP contribution < -0.4 is 11.1 Å². The van der Waals surface area contributed by atoms with Gasteiger partial charge in [-0.05, 0) is 13.3 Å². The Morgan fingerprint density at radius 2 is 2.11 bits per heavy atom. The second-order valence-electron chi connectivity index (χ2n) is 4.11. The first-order valence-corrected chi connectivity index (χ1v) is 7.19. The van der Waals surface area contributed by atoms with E-state index in [9.17, 15) is 17.4 Å². The maximum absolute atomic E-state index is 12.5. The van der Waals surface area contributed by atoms with Gasteiger partial charge >= 0.3 is 6.18 Å². The van der Waals surface area contributed by atoms with Gasteiger partial charge in [0.15, 0.2) is 0 Å². The fraction of sp³-hybridized carbons (Fsp3) is 0.600. The molecule has 2 unspecified atom stereocenters. The van der Waals surface area contributed by atoms with Crippen LogP contribution in [0, 0.1) is 0 Å². The number of halogens is 3. The topological polar surface area (TPSA) is 80.9 Å². The third-order valence-corrected chi connectivity index (χ3v) is 3.04. The molecule has 1 aromatic rings. The maximum Gasteiger partial charge on any atom is 0.451 e. The van der Waals surface area contributed by atoms with Crippen molar-refractivity contribution < 1.29 is 17.4 Å². The van der Waals surface area contributed by atoms with Crippen molar-refractivity contribution >= 4 is 22.4 Å². The van der Waals surface area contributed by atoms with Crippen molar-refractivity contribution in [1.82, 2.24) is 9.97 Å². The lowest BCUT2D eigenvalue weighted by molar-refractivity contribution is -0.144. The molecule has 0 fully saturated rings. The number of aromatic nitrogens is 2. The van der Waals surface area contributed by atoms with Crippen molar-refractivity contribution in [2.75, 3.05) is 23.1 Å². The first kappa shape index (κ1) is 15.7. The Hall–Kier alpha value is -1.38. The Morgan fingerprint density at radius 1 is 1.47 bits per heavy atom. The average molecular weight is 296 g/mol. The Morgan fingerprint density at radius 3 is 2.63 bits per heavy atom. The van der Waals surface area contributed by atoms with Gasteiger partial charge in [-0.2, -0.15) is 13.2 Å². The molecular weight excluding hydrogens is 281 g/mol. The van der Waals surface area contributed by atoms with Gasteiger partial charge in [0, 0.05) is 34.9 Å². The van der Waals surface area contributed by atoms with Crippen molar-refractivity contribution in [3.05, 3.63) is 11.9 Å². The van der Waals surface area contributed by atoms with E-state index < -0.39 is 22.8 Å². The molecular formula is C10H15F3N4OS. The number of anilines is 2. The normalized spacial score (nSPS) is 15.0. The molecule has 0 aliphatic heterocycles. The van der Waals surface area contributed by atoms with Crippen molar-refractivity contribution in [3.63, 3.8) is 0 Å². The SMILES string of the molecule is CC(CCS(C)=O)Nc1cc(N)nc(C(F)(F)F)n1. The average Bonchev–Trinajstić information content (AvgIpc) is 2.24. The van der Waals surface area contributed by atoms with E-state index >= 15 is 0 Å². The molecule has 0 saturated heterocycles. The van der Waals surface area contributed by atoms with E-state index in [2.05, 4.69) is 15.3 Å². The van der Waals surface area contributed by atoms with Gasteiger partial charge in [0.1, 0.15) is 11.6 Å². The maximum atomic E-state index is 12.5. The first-order valence-electron chi connectivity index (χ1n) is 5.47.